The molecule has 0 bridgehead atoms. The number of hydrogen-bond donors (Lipinski definition) is 0. The Morgan fingerprint density at radius 2 is 1.61 bits per heavy atom. The van der Waals surface area contributed by atoms with Crippen LogP contribution in [0.3, 0.4) is 0 Å². The number of nitrogens with zero attached hydrogens (tertiary/aromatic N) is 2. The Hall–Kier alpha value is -2.17. The lowest BCUT2D eigenvalue weighted by atomic mass is 9.63. The first-order valence-electron chi connectivity index (χ1n) is 11.7. The van der Waals surface area contributed by atoms with Gasteiger partial charge < -0.3 is 14.5 Å². The number of carbonyl (C=O) groups is 1. The summed E-state index contributed by atoms with van der Waals surface area (Å²) in [5, 5.41) is 0. The van der Waals surface area contributed by atoms with Crippen LogP contribution in [0.25, 0.3) is 0 Å². The van der Waals surface area contributed by atoms with Gasteiger partial charge >= 0.3 is 5.97 Å². The van der Waals surface area contributed by atoms with Crippen LogP contribution in [-0.2, 0) is 10.3 Å². The fraction of sp³-hybridized carbons (Fsp3) is 0.519. The summed E-state index contributed by atoms with van der Waals surface area (Å²) in [5.41, 5.74) is 0.825. The number of rotatable bonds is 5. The van der Waals surface area contributed by atoms with Crippen molar-refractivity contribution in [2.75, 3.05) is 33.2 Å². The Morgan fingerprint density at radius 3 is 2.26 bits per heavy atom. The van der Waals surface area contributed by atoms with Gasteiger partial charge in [0.15, 0.2) is 0 Å². The van der Waals surface area contributed by atoms with Gasteiger partial charge in [-0.15, -0.1) is 0 Å². The molecular weight excluding hydrogens is 384 g/mol. The van der Waals surface area contributed by atoms with E-state index in [2.05, 4.69) is 55.0 Å². The summed E-state index contributed by atoms with van der Waals surface area (Å²) in [4.78, 5) is 18.4. The zero-order valence-electron chi connectivity index (χ0n) is 19.2. The third-order valence-electron chi connectivity index (χ3n) is 7.45. The second-order valence-corrected chi connectivity index (χ2v) is 9.81. The number of hydrogen-bond acceptors (Lipinski definition) is 4. The van der Waals surface area contributed by atoms with Gasteiger partial charge in [-0.1, -0.05) is 61.9 Å². The molecule has 0 saturated carbocycles. The largest absolute Gasteiger partial charge is 0.450 e. The van der Waals surface area contributed by atoms with E-state index in [0.29, 0.717) is 11.6 Å². The highest BCUT2D eigenvalue weighted by Crippen LogP contribution is 2.51. The predicted octanol–water partition coefficient (Wildman–Crippen LogP) is 4.96. The molecule has 2 aliphatic heterocycles. The zero-order chi connectivity index (χ0) is 21.9. The second-order valence-electron chi connectivity index (χ2n) is 9.81. The first-order chi connectivity index (χ1) is 14.9. The van der Waals surface area contributed by atoms with E-state index >= 15 is 0 Å². The van der Waals surface area contributed by atoms with Crippen molar-refractivity contribution in [3.8, 4) is 0 Å². The van der Waals surface area contributed by atoms with E-state index < -0.39 is 5.60 Å². The second kappa shape index (κ2) is 9.13. The molecule has 2 aromatic rings. The van der Waals surface area contributed by atoms with Crippen LogP contribution < -0.4 is 0 Å². The van der Waals surface area contributed by atoms with Crippen LogP contribution in [0.1, 0.15) is 55.5 Å². The number of carbonyl (C=O) groups excluding carboxylic acids is 1. The molecule has 2 aliphatic rings. The Labute approximate surface area is 187 Å². The van der Waals surface area contributed by atoms with Crippen LogP contribution in [0.15, 0.2) is 60.7 Å². The van der Waals surface area contributed by atoms with Crippen molar-refractivity contribution < 1.29 is 9.53 Å². The SMILES string of the molecule is CC1CC(OC(=O)c2ccccc2)(c2ccccc2)C(C)(CN2CCCCC2)CN1C. The Bertz CT molecular complexity index is 865. The molecule has 4 heteroatoms. The van der Waals surface area contributed by atoms with Gasteiger partial charge in [-0.3, -0.25) is 0 Å². The normalized spacial score (nSPS) is 30.1. The van der Waals surface area contributed by atoms with E-state index in [9.17, 15) is 4.79 Å². The van der Waals surface area contributed by atoms with E-state index in [1.165, 1.54) is 19.3 Å². The molecule has 4 rings (SSSR count). The maximum atomic E-state index is 13.4. The van der Waals surface area contributed by atoms with Gasteiger partial charge in [0.05, 0.1) is 5.56 Å². The van der Waals surface area contributed by atoms with E-state index in [0.717, 1.165) is 38.2 Å². The average molecular weight is 421 g/mol. The third-order valence-corrected chi connectivity index (χ3v) is 7.45. The van der Waals surface area contributed by atoms with Crippen molar-refractivity contribution in [1.82, 2.24) is 9.80 Å². The van der Waals surface area contributed by atoms with Crippen LogP contribution in [-0.4, -0.2) is 55.0 Å². The van der Waals surface area contributed by atoms with Gasteiger partial charge in [-0.2, -0.15) is 0 Å². The third kappa shape index (κ3) is 4.42. The van der Waals surface area contributed by atoms with Crippen molar-refractivity contribution in [2.24, 2.45) is 5.41 Å². The maximum absolute atomic E-state index is 13.4. The number of esters is 1. The molecule has 0 spiro atoms. The van der Waals surface area contributed by atoms with Crippen molar-refractivity contribution in [3.05, 3.63) is 71.8 Å². The molecule has 2 aromatic carbocycles. The van der Waals surface area contributed by atoms with Gasteiger partial charge in [0.2, 0.25) is 0 Å². The van der Waals surface area contributed by atoms with Crippen LogP contribution in [0.4, 0.5) is 0 Å². The van der Waals surface area contributed by atoms with E-state index in [1.807, 2.05) is 36.4 Å². The lowest BCUT2D eigenvalue weighted by Gasteiger charge is -2.57. The average Bonchev–Trinajstić information content (AvgIpc) is 2.79. The molecule has 0 aromatic heterocycles. The lowest BCUT2D eigenvalue weighted by molar-refractivity contribution is -0.160. The summed E-state index contributed by atoms with van der Waals surface area (Å²) >= 11 is 0. The first-order valence-corrected chi connectivity index (χ1v) is 11.7. The summed E-state index contributed by atoms with van der Waals surface area (Å²) in [7, 11) is 2.20. The molecule has 4 nitrogen and oxygen atoms in total. The van der Waals surface area contributed by atoms with Gasteiger partial charge in [0.25, 0.3) is 0 Å². The van der Waals surface area contributed by atoms with Gasteiger partial charge in [0.1, 0.15) is 5.60 Å². The van der Waals surface area contributed by atoms with Crippen LogP contribution in [0, 0.1) is 5.41 Å². The number of benzene rings is 2. The van der Waals surface area contributed by atoms with E-state index in [4.69, 9.17) is 4.74 Å². The molecule has 0 N–H and O–H groups in total. The van der Waals surface area contributed by atoms with Crippen molar-refractivity contribution in [2.45, 2.75) is 51.2 Å². The number of likely N-dealkylation sites (tertiary alicyclic amines) is 2. The zero-order valence-corrected chi connectivity index (χ0v) is 19.2. The van der Waals surface area contributed by atoms with Crippen molar-refractivity contribution in [1.29, 1.82) is 0 Å². The minimum atomic E-state index is -0.676. The molecule has 0 radical (unpaired) electrons. The Kier molecular flexibility index (Phi) is 6.49. The summed E-state index contributed by atoms with van der Waals surface area (Å²) in [6.45, 7) is 8.66. The monoisotopic (exact) mass is 420 g/mol. The van der Waals surface area contributed by atoms with Crippen LogP contribution in [0.5, 0.6) is 0 Å². The highest BCUT2D eigenvalue weighted by Gasteiger charge is 2.57. The van der Waals surface area contributed by atoms with Crippen LogP contribution in [0.2, 0.25) is 0 Å². The highest BCUT2D eigenvalue weighted by molar-refractivity contribution is 5.89. The fourth-order valence-corrected chi connectivity index (χ4v) is 5.63. The molecule has 2 heterocycles. The summed E-state index contributed by atoms with van der Waals surface area (Å²) in [6.07, 6.45) is 4.61. The van der Waals surface area contributed by atoms with Crippen molar-refractivity contribution >= 4 is 5.97 Å². The molecule has 2 fully saturated rings. The van der Waals surface area contributed by atoms with E-state index in [1.54, 1.807) is 0 Å². The molecule has 2 saturated heterocycles. The Balaban J connectivity index is 1.77. The topological polar surface area (TPSA) is 32.8 Å². The lowest BCUT2D eigenvalue weighted by Crippen LogP contribution is -2.64. The number of piperidine rings is 2. The minimum absolute atomic E-state index is 0.225. The smallest absolute Gasteiger partial charge is 0.339 e. The first kappa shape index (κ1) is 22.0. The minimum Gasteiger partial charge on any atom is -0.450 e. The molecular formula is C27H36N2O2. The van der Waals surface area contributed by atoms with Crippen molar-refractivity contribution in [3.63, 3.8) is 0 Å². The standard InChI is InChI=1S/C27H36N2O2/c1-22-19-27(24-15-9-5-10-16-24,31-25(30)23-13-7-4-8-14-23)26(2,20-28(22)3)21-29-17-11-6-12-18-29/h4-5,7-10,13-16,22H,6,11-12,17-21H2,1-3H3. The summed E-state index contributed by atoms with van der Waals surface area (Å²) in [6, 6.07) is 20.2. The molecule has 3 atom stereocenters. The summed E-state index contributed by atoms with van der Waals surface area (Å²) in [5.74, 6) is -0.230. The molecule has 166 valence electrons. The number of ether oxygens (including phenoxy) is 1. The molecule has 3 unspecified atom stereocenters. The van der Waals surface area contributed by atoms with Gasteiger partial charge in [0, 0.05) is 31.0 Å². The summed E-state index contributed by atoms with van der Waals surface area (Å²) < 4.78 is 6.63. The quantitative estimate of drug-likeness (QED) is 0.641. The fourth-order valence-electron chi connectivity index (χ4n) is 5.63. The van der Waals surface area contributed by atoms with Gasteiger partial charge in [-0.05, 0) is 57.6 Å². The Morgan fingerprint density at radius 1 is 1.00 bits per heavy atom. The van der Waals surface area contributed by atoms with E-state index in [-0.39, 0.29) is 11.4 Å². The molecule has 31 heavy (non-hydrogen) atoms. The predicted molar refractivity (Wildman–Crippen MR) is 125 cm³/mol. The van der Waals surface area contributed by atoms with Gasteiger partial charge in [-0.25, -0.2) is 4.79 Å². The maximum Gasteiger partial charge on any atom is 0.339 e. The van der Waals surface area contributed by atoms with Crippen LogP contribution >= 0.6 is 0 Å². The molecule has 0 amide bonds. The highest BCUT2D eigenvalue weighted by atomic mass is 16.6. The molecule has 0 aliphatic carbocycles.